The molecule has 0 spiro atoms. The molecule has 0 aliphatic carbocycles. The van der Waals surface area contributed by atoms with Crippen LogP contribution in [0.5, 0.6) is 0 Å². The summed E-state index contributed by atoms with van der Waals surface area (Å²) in [5.41, 5.74) is 8.29. The lowest BCUT2D eigenvalue weighted by Crippen LogP contribution is -2.00. The number of nitrogen functional groups attached to an aromatic ring is 1. The Bertz CT molecular complexity index is 939. The molecule has 0 atom stereocenters. The Labute approximate surface area is 118 Å². The summed E-state index contributed by atoms with van der Waals surface area (Å²) in [6, 6.07) is 12.7. The number of thiophene rings is 1. The summed E-state index contributed by atoms with van der Waals surface area (Å²) < 4.78 is 16.3. The van der Waals surface area contributed by atoms with Crippen LogP contribution < -0.4 is 5.73 Å². The van der Waals surface area contributed by atoms with Crippen molar-refractivity contribution < 1.29 is 4.39 Å². The summed E-state index contributed by atoms with van der Waals surface area (Å²) in [6.07, 6.45) is 0. The molecule has 2 heterocycles. The molecule has 4 aromatic rings. The van der Waals surface area contributed by atoms with Crippen LogP contribution in [0.15, 0.2) is 47.8 Å². The number of nitrogens with zero attached hydrogens (tertiary/aromatic N) is 2. The van der Waals surface area contributed by atoms with Gasteiger partial charge in [0.2, 0.25) is 5.95 Å². The van der Waals surface area contributed by atoms with Gasteiger partial charge in [0, 0.05) is 16.5 Å². The van der Waals surface area contributed by atoms with Crippen molar-refractivity contribution in [3.8, 4) is 5.69 Å². The topological polar surface area (TPSA) is 43.8 Å². The molecule has 0 bridgehead atoms. The molecule has 2 aromatic carbocycles. The van der Waals surface area contributed by atoms with E-state index >= 15 is 0 Å². The van der Waals surface area contributed by atoms with Crippen molar-refractivity contribution in [2.75, 3.05) is 5.73 Å². The van der Waals surface area contributed by atoms with Crippen LogP contribution in [0, 0.1) is 5.82 Å². The van der Waals surface area contributed by atoms with Crippen molar-refractivity contribution >= 4 is 38.4 Å². The lowest BCUT2D eigenvalue weighted by Gasteiger charge is -2.06. The Morgan fingerprint density at radius 2 is 2.00 bits per heavy atom. The summed E-state index contributed by atoms with van der Waals surface area (Å²) in [5, 5.41) is 3.22. The van der Waals surface area contributed by atoms with Crippen molar-refractivity contribution in [3.05, 3.63) is 53.7 Å². The second kappa shape index (κ2) is 4.05. The first-order valence-corrected chi connectivity index (χ1v) is 7.01. The standard InChI is InChI=1S/C15H10FN3S/c16-10-1-3-13-12(8-10)18-15(17)19(13)11-2-4-14-9(7-11)5-6-20-14/h1-8H,(H2,17,18). The fraction of sp³-hybridized carbons (Fsp3) is 0. The second-order valence-electron chi connectivity index (χ2n) is 4.58. The van der Waals surface area contributed by atoms with E-state index in [1.807, 2.05) is 10.6 Å². The highest BCUT2D eigenvalue weighted by Gasteiger charge is 2.11. The predicted octanol–water partition coefficient (Wildman–Crippen LogP) is 3.96. The third-order valence-electron chi connectivity index (χ3n) is 3.34. The first-order valence-electron chi connectivity index (χ1n) is 6.13. The highest BCUT2D eigenvalue weighted by atomic mass is 32.1. The van der Waals surface area contributed by atoms with Crippen LogP contribution in [0.1, 0.15) is 0 Å². The highest BCUT2D eigenvalue weighted by Crippen LogP contribution is 2.28. The molecule has 5 heteroatoms. The van der Waals surface area contributed by atoms with Crippen LogP contribution in [0.4, 0.5) is 10.3 Å². The average molecular weight is 283 g/mol. The van der Waals surface area contributed by atoms with Crippen LogP contribution in [-0.2, 0) is 0 Å². The molecule has 0 amide bonds. The summed E-state index contributed by atoms with van der Waals surface area (Å²) in [4.78, 5) is 4.22. The molecular weight excluding hydrogens is 273 g/mol. The van der Waals surface area contributed by atoms with E-state index in [0.29, 0.717) is 11.5 Å². The molecule has 20 heavy (non-hydrogen) atoms. The molecule has 0 aliphatic heterocycles. The minimum atomic E-state index is -0.310. The van der Waals surface area contributed by atoms with Crippen molar-refractivity contribution in [3.63, 3.8) is 0 Å². The number of halogens is 1. The van der Waals surface area contributed by atoms with Crippen LogP contribution >= 0.6 is 11.3 Å². The Kier molecular flexibility index (Phi) is 2.31. The number of hydrogen-bond donors (Lipinski definition) is 1. The van der Waals surface area contributed by atoms with Gasteiger partial charge in [-0.15, -0.1) is 11.3 Å². The molecule has 2 N–H and O–H groups in total. The molecule has 0 fully saturated rings. The van der Waals surface area contributed by atoms with Gasteiger partial charge in [0.15, 0.2) is 0 Å². The Morgan fingerprint density at radius 3 is 2.90 bits per heavy atom. The molecule has 0 saturated carbocycles. The van der Waals surface area contributed by atoms with Crippen molar-refractivity contribution in [1.82, 2.24) is 9.55 Å². The maximum absolute atomic E-state index is 13.3. The lowest BCUT2D eigenvalue weighted by atomic mass is 10.2. The van der Waals surface area contributed by atoms with Gasteiger partial charge in [-0.3, -0.25) is 4.57 Å². The van der Waals surface area contributed by atoms with Crippen molar-refractivity contribution in [2.45, 2.75) is 0 Å². The highest BCUT2D eigenvalue weighted by molar-refractivity contribution is 7.17. The molecule has 0 saturated heterocycles. The van der Waals surface area contributed by atoms with Crippen LogP contribution in [0.25, 0.3) is 26.8 Å². The zero-order valence-electron chi connectivity index (χ0n) is 10.4. The largest absolute Gasteiger partial charge is 0.369 e. The lowest BCUT2D eigenvalue weighted by molar-refractivity contribution is 0.629. The maximum atomic E-state index is 13.3. The van der Waals surface area contributed by atoms with Crippen molar-refractivity contribution in [1.29, 1.82) is 0 Å². The number of rotatable bonds is 1. The molecular formula is C15H10FN3S. The number of nitrogens with two attached hydrogens (primary N) is 1. The Balaban J connectivity index is 2.03. The zero-order chi connectivity index (χ0) is 13.7. The van der Waals surface area contributed by atoms with Crippen LogP contribution in [0.3, 0.4) is 0 Å². The van der Waals surface area contributed by atoms with E-state index in [9.17, 15) is 4.39 Å². The number of aromatic nitrogens is 2. The molecule has 0 unspecified atom stereocenters. The number of benzene rings is 2. The summed E-state index contributed by atoms with van der Waals surface area (Å²) in [7, 11) is 0. The van der Waals surface area contributed by atoms with Gasteiger partial charge in [-0.25, -0.2) is 9.37 Å². The van der Waals surface area contributed by atoms with E-state index < -0.39 is 0 Å². The van der Waals surface area contributed by atoms with E-state index in [-0.39, 0.29) is 5.82 Å². The van der Waals surface area contributed by atoms with Gasteiger partial charge >= 0.3 is 0 Å². The predicted molar refractivity (Wildman–Crippen MR) is 80.8 cm³/mol. The summed E-state index contributed by atoms with van der Waals surface area (Å²) in [5.74, 6) is 0.0515. The van der Waals surface area contributed by atoms with E-state index in [1.165, 1.54) is 16.8 Å². The quantitative estimate of drug-likeness (QED) is 0.574. The third-order valence-corrected chi connectivity index (χ3v) is 4.23. The van der Waals surface area contributed by atoms with Gasteiger partial charge in [-0.1, -0.05) is 0 Å². The molecule has 98 valence electrons. The van der Waals surface area contributed by atoms with E-state index in [1.54, 1.807) is 17.4 Å². The molecule has 3 nitrogen and oxygen atoms in total. The molecule has 0 radical (unpaired) electrons. The average Bonchev–Trinajstić information content (AvgIpc) is 3.00. The second-order valence-corrected chi connectivity index (χ2v) is 5.53. The molecule has 4 rings (SSSR count). The Hall–Kier alpha value is -2.40. The van der Waals surface area contributed by atoms with E-state index in [0.717, 1.165) is 16.6 Å². The van der Waals surface area contributed by atoms with Crippen LogP contribution in [-0.4, -0.2) is 9.55 Å². The summed E-state index contributed by atoms with van der Waals surface area (Å²) >= 11 is 1.70. The minimum absolute atomic E-state index is 0.310. The van der Waals surface area contributed by atoms with Gasteiger partial charge in [-0.2, -0.15) is 0 Å². The number of hydrogen-bond acceptors (Lipinski definition) is 3. The SMILES string of the molecule is Nc1nc2cc(F)ccc2n1-c1ccc2sccc2c1. The number of imidazole rings is 1. The smallest absolute Gasteiger partial charge is 0.205 e. The van der Waals surface area contributed by atoms with Crippen molar-refractivity contribution in [2.24, 2.45) is 0 Å². The zero-order valence-corrected chi connectivity index (χ0v) is 11.2. The first-order chi connectivity index (χ1) is 9.72. The fourth-order valence-corrected chi connectivity index (χ4v) is 3.21. The van der Waals surface area contributed by atoms with Gasteiger partial charge in [0.25, 0.3) is 0 Å². The normalized spacial score (nSPS) is 11.4. The third kappa shape index (κ3) is 1.60. The van der Waals surface area contributed by atoms with Gasteiger partial charge in [0.1, 0.15) is 5.82 Å². The summed E-state index contributed by atoms with van der Waals surface area (Å²) in [6.45, 7) is 0. The maximum Gasteiger partial charge on any atom is 0.205 e. The monoisotopic (exact) mass is 283 g/mol. The van der Waals surface area contributed by atoms with E-state index in [4.69, 9.17) is 5.73 Å². The van der Waals surface area contributed by atoms with Crippen LogP contribution in [0.2, 0.25) is 0 Å². The number of fused-ring (bicyclic) bond motifs is 2. The van der Waals surface area contributed by atoms with Gasteiger partial charge < -0.3 is 5.73 Å². The van der Waals surface area contributed by atoms with E-state index in [2.05, 4.69) is 28.6 Å². The fourth-order valence-electron chi connectivity index (χ4n) is 2.44. The molecule has 2 aromatic heterocycles. The minimum Gasteiger partial charge on any atom is -0.369 e. The Morgan fingerprint density at radius 1 is 1.10 bits per heavy atom. The van der Waals surface area contributed by atoms with Gasteiger partial charge in [-0.05, 0) is 47.2 Å². The number of anilines is 1. The first kappa shape index (κ1) is 11.4. The molecule has 0 aliphatic rings. The van der Waals surface area contributed by atoms with Gasteiger partial charge in [0.05, 0.1) is 11.0 Å².